The molecule has 2 amide bonds. The summed E-state index contributed by atoms with van der Waals surface area (Å²) < 4.78 is 20.2. The van der Waals surface area contributed by atoms with Gasteiger partial charge in [0.15, 0.2) is 12.4 Å². The average Bonchev–Trinajstić information content (AvgIpc) is 3.46. The molecule has 1 unspecified atom stereocenters. The summed E-state index contributed by atoms with van der Waals surface area (Å²) in [6.45, 7) is 7.88. The van der Waals surface area contributed by atoms with E-state index >= 15 is 0 Å². The molecule has 0 aliphatic carbocycles. The second-order valence-corrected chi connectivity index (χ2v) is 8.71. The minimum absolute atomic E-state index is 0.0549. The average molecular weight is 502 g/mol. The molecule has 2 aromatic heterocycles. The van der Waals surface area contributed by atoms with Crippen molar-refractivity contribution >= 4 is 18.2 Å². The highest BCUT2D eigenvalue weighted by Crippen LogP contribution is 2.39. The molecule has 0 spiro atoms. The predicted molar refractivity (Wildman–Crippen MR) is 131 cm³/mol. The van der Waals surface area contributed by atoms with Crippen LogP contribution in [0.2, 0.25) is 0 Å². The maximum absolute atomic E-state index is 12.2. The van der Waals surface area contributed by atoms with Crippen LogP contribution in [-0.2, 0) is 45.5 Å². The normalized spacial score (nSPS) is 14.1. The number of rotatable bonds is 12. The second kappa shape index (κ2) is 13.5. The molecule has 3 rings (SSSR count). The first-order valence-electron chi connectivity index (χ1n) is 12.6. The Balaban J connectivity index is 1.83. The number of pyridine rings is 1. The molecule has 1 aliphatic rings. The van der Waals surface area contributed by atoms with E-state index in [1.165, 1.54) is 0 Å². The van der Waals surface area contributed by atoms with Crippen LogP contribution in [0.25, 0.3) is 0 Å². The largest absolute Gasteiger partial charge is 0.445 e. The predicted octanol–water partition coefficient (Wildman–Crippen LogP) is 3.49. The number of hydrogen-bond donors (Lipinski definition) is 2. The highest BCUT2D eigenvalue weighted by molar-refractivity contribution is 5.68. The molecule has 0 saturated heterocycles. The summed E-state index contributed by atoms with van der Waals surface area (Å²) in [4.78, 5) is 35.8. The minimum atomic E-state index is -0.478. The third kappa shape index (κ3) is 7.22. The number of fused-ring (bicyclic) bond motifs is 1. The SMILES string of the molecule is CCCNC(=O)OCc1cn2c(c1COC(=O)NCCC)C(c1ccc[n+](COC(=O)CC)c1)CC2. The Bertz CT molecular complexity index is 1050. The van der Waals surface area contributed by atoms with E-state index in [9.17, 15) is 14.4 Å². The summed E-state index contributed by atoms with van der Waals surface area (Å²) in [5.41, 5.74) is 3.76. The van der Waals surface area contributed by atoms with Crippen molar-refractivity contribution in [1.29, 1.82) is 0 Å². The zero-order valence-electron chi connectivity index (χ0n) is 21.4. The van der Waals surface area contributed by atoms with Crippen molar-refractivity contribution in [3.8, 4) is 0 Å². The number of amides is 2. The lowest BCUT2D eigenvalue weighted by molar-refractivity contribution is -0.728. The lowest BCUT2D eigenvalue weighted by atomic mass is 9.93. The second-order valence-electron chi connectivity index (χ2n) is 8.71. The summed E-state index contributed by atoms with van der Waals surface area (Å²) in [6, 6.07) is 3.97. The topological polar surface area (TPSA) is 112 Å². The van der Waals surface area contributed by atoms with E-state index in [1.54, 1.807) is 6.92 Å². The van der Waals surface area contributed by atoms with Gasteiger partial charge in [0.25, 0.3) is 6.73 Å². The molecule has 0 bridgehead atoms. The zero-order valence-corrected chi connectivity index (χ0v) is 21.4. The van der Waals surface area contributed by atoms with E-state index in [0.29, 0.717) is 19.5 Å². The molecule has 0 radical (unpaired) electrons. The van der Waals surface area contributed by atoms with Gasteiger partial charge in [-0.2, -0.15) is 4.57 Å². The van der Waals surface area contributed by atoms with E-state index in [2.05, 4.69) is 15.2 Å². The molecule has 10 nitrogen and oxygen atoms in total. The molecule has 36 heavy (non-hydrogen) atoms. The van der Waals surface area contributed by atoms with Gasteiger partial charge in [-0.3, -0.25) is 4.79 Å². The maximum Gasteiger partial charge on any atom is 0.407 e. The first-order chi connectivity index (χ1) is 17.5. The van der Waals surface area contributed by atoms with Crippen LogP contribution in [0, 0.1) is 0 Å². The maximum atomic E-state index is 12.2. The van der Waals surface area contributed by atoms with Gasteiger partial charge in [-0.05, 0) is 25.3 Å². The van der Waals surface area contributed by atoms with Crippen molar-refractivity contribution < 1.29 is 33.2 Å². The first-order valence-corrected chi connectivity index (χ1v) is 12.6. The summed E-state index contributed by atoms with van der Waals surface area (Å²) in [5.74, 6) is -0.199. The molecular formula is C26H37N4O6+. The third-order valence-electron chi connectivity index (χ3n) is 6.00. The van der Waals surface area contributed by atoms with Gasteiger partial charge in [-0.1, -0.05) is 20.8 Å². The van der Waals surface area contributed by atoms with Crippen molar-refractivity contribution in [2.75, 3.05) is 13.1 Å². The molecule has 196 valence electrons. The fraction of sp³-hybridized carbons (Fsp3) is 0.538. The van der Waals surface area contributed by atoms with Crippen LogP contribution >= 0.6 is 0 Å². The number of ether oxygens (including phenoxy) is 3. The number of carbonyl (C=O) groups excluding carboxylic acids is 3. The smallest absolute Gasteiger partial charge is 0.407 e. The minimum Gasteiger partial charge on any atom is -0.445 e. The van der Waals surface area contributed by atoms with Crippen molar-refractivity contribution in [2.24, 2.45) is 0 Å². The van der Waals surface area contributed by atoms with Crippen molar-refractivity contribution in [1.82, 2.24) is 15.2 Å². The summed E-state index contributed by atoms with van der Waals surface area (Å²) in [7, 11) is 0. The fourth-order valence-corrected chi connectivity index (χ4v) is 4.20. The van der Waals surface area contributed by atoms with Gasteiger partial charge >= 0.3 is 18.2 Å². The molecule has 0 fully saturated rings. The van der Waals surface area contributed by atoms with E-state index in [1.807, 2.05) is 49.1 Å². The zero-order chi connectivity index (χ0) is 25.9. The Labute approximate surface area is 211 Å². The number of carbonyl (C=O) groups is 3. The molecule has 0 saturated carbocycles. The molecule has 1 atom stereocenters. The van der Waals surface area contributed by atoms with Crippen molar-refractivity contribution in [3.63, 3.8) is 0 Å². The number of nitrogens with one attached hydrogen (secondary N) is 2. The van der Waals surface area contributed by atoms with Crippen LogP contribution in [0.5, 0.6) is 0 Å². The Hall–Kier alpha value is -3.56. The van der Waals surface area contributed by atoms with Gasteiger partial charge in [-0.25, -0.2) is 9.59 Å². The van der Waals surface area contributed by atoms with Crippen LogP contribution in [0.15, 0.2) is 30.7 Å². The Morgan fingerprint density at radius 3 is 2.39 bits per heavy atom. The third-order valence-corrected chi connectivity index (χ3v) is 6.00. The van der Waals surface area contributed by atoms with Gasteiger partial charge in [-0.15, -0.1) is 0 Å². The van der Waals surface area contributed by atoms with Gasteiger partial charge in [0.05, 0.1) is 0 Å². The first kappa shape index (κ1) is 27.0. The van der Waals surface area contributed by atoms with Crippen LogP contribution in [-0.4, -0.2) is 35.8 Å². The highest BCUT2D eigenvalue weighted by atomic mass is 16.6. The van der Waals surface area contributed by atoms with Gasteiger partial charge in [0.1, 0.15) is 13.2 Å². The summed E-state index contributed by atoms with van der Waals surface area (Å²) >= 11 is 0. The van der Waals surface area contributed by atoms with Crippen molar-refractivity contribution in [2.45, 2.75) is 78.9 Å². The lowest BCUT2D eigenvalue weighted by Gasteiger charge is -2.14. The van der Waals surface area contributed by atoms with Crippen LogP contribution in [0.3, 0.4) is 0 Å². The van der Waals surface area contributed by atoms with E-state index in [0.717, 1.165) is 48.2 Å². The monoisotopic (exact) mass is 501 g/mol. The van der Waals surface area contributed by atoms with E-state index in [4.69, 9.17) is 14.2 Å². The van der Waals surface area contributed by atoms with Gasteiger partial charge in [0.2, 0.25) is 0 Å². The standard InChI is InChI=1S/C26H36N4O6/c1-4-10-27-25(32)34-16-20-15-30-13-9-21(24(30)22(20)17-35-26(33)28-11-5-2)19-8-7-12-29(14-19)18-36-23(31)6-3/h7-8,12,14-15,21H,4-6,9-11,13,16-18H2,1-3H3,(H-,27,28,32,33)/p+1. The number of aromatic nitrogens is 2. The van der Waals surface area contributed by atoms with Gasteiger partial charge < -0.3 is 29.4 Å². The number of alkyl carbamates (subject to hydrolysis) is 2. The Kier molecular flexibility index (Phi) is 10.1. The molecule has 3 heterocycles. The number of aryl methyl sites for hydroxylation is 1. The number of hydrogen-bond acceptors (Lipinski definition) is 6. The number of nitrogens with zero attached hydrogens (tertiary/aromatic N) is 2. The lowest BCUT2D eigenvalue weighted by Crippen LogP contribution is -2.36. The molecule has 0 aromatic carbocycles. The Morgan fingerprint density at radius 1 is 1.03 bits per heavy atom. The molecule has 1 aliphatic heterocycles. The summed E-state index contributed by atoms with van der Waals surface area (Å²) in [5, 5.41) is 5.43. The quantitative estimate of drug-likeness (QED) is 0.262. The van der Waals surface area contributed by atoms with Gasteiger partial charge in [0, 0.05) is 66.6 Å². The summed E-state index contributed by atoms with van der Waals surface area (Å²) in [6.07, 6.45) is 7.69. The van der Waals surface area contributed by atoms with Crippen LogP contribution in [0.1, 0.15) is 74.8 Å². The van der Waals surface area contributed by atoms with Crippen LogP contribution < -0.4 is 15.2 Å². The van der Waals surface area contributed by atoms with Crippen molar-refractivity contribution in [3.05, 3.63) is 53.1 Å². The van der Waals surface area contributed by atoms with Crippen LogP contribution in [0.4, 0.5) is 9.59 Å². The molecule has 10 heteroatoms. The van der Waals surface area contributed by atoms with E-state index in [-0.39, 0.29) is 31.8 Å². The molecule has 2 N–H and O–H groups in total. The number of esters is 1. The van der Waals surface area contributed by atoms with E-state index < -0.39 is 12.2 Å². The fourth-order valence-electron chi connectivity index (χ4n) is 4.20. The molecular weight excluding hydrogens is 464 g/mol. The molecule has 2 aromatic rings. The highest BCUT2D eigenvalue weighted by Gasteiger charge is 2.32. The Morgan fingerprint density at radius 2 is 1.72 bits per heavy atom.